The van der Waals surface area contributed by atoms with Gasteiger partial charge >= 0.3 is 0 Å². The molecule has 0 amide bonds. The largest absolute Gasteiger partial charge is 0.394 e. The fourth-order valence-corrected chi connectivity index (χ4v) is 1.29. The molecule has 4 N–H and O–H groups in total. The molecule has 0 atom stereocenters. The predicted molar refractivity (Wildman–Crippen MR) is 70.1 cm³/mol. The molecule has 0 aromatic carbocycles. The van der Waals surface area contributed by atoms with Gasteiger partial charge in [0, 0.05) is 11.5 Å². The third-order valence-corrected chi connectivity index (χ3v) is 2.57. The highest BCUT2D eigenvalue weighted by Crippen LogP contribution is 2.23. The van der Waals surface area contributed by atoms with Gasteiger partial charge in [0.05, 0.1) is 12.1 Å². The summed E-state index contributed by atoms with van der Waals surface area (Å²) in [6.07, 6.45) is 0. The zero-order valence-corrected chi connectivity index (χ0v) is 11.2. The molecule has 1 rings (SSSR count). The molecule has 5 heteroatoms. The van der Waals surface area contributed by atoms with Crippen molar-refractivity contribution in [1.29, 1.82) is 0 Å². The molecule has 0 fully saturated rings. The lowest BCUT2D eigenvalue weighted by Gasteiger charge is -2.26. The van der Waals surface area contributed by atoms with E-state index in [1.807, 2.05) is 34.6 Å². The van der Waals surface area contributed by atoms with Crippen LogP contribution in [0.4, 0.5) is 11.6 Å². The number of hydrogen-bond acceptors (Lipinski definition) is 5. The second-order valence-electron chi connectivity index (χ2n) is 5.26. The van der Waals surface area contributed by atoms with Gasteiger partial charge in [-0.25, -0.2) is 9.97 Å². The number of aliphatic hydroxyl groups is 1. The summed E-state index contributed by atoms with van der Waals surface area (Å²) >= 11 is 0. The summed E-state index contributed by atoms with van der Waals surface area (Å²) in [7, 11) is 0. The molecule has 0 aliphatic carbocycles. The first-order valence-corrected chi connectivity index (χ1v) is 5.80. The zero-order chi connectivity index (χ0) is 13.2. The van der Waals surface area contributed by atoms with E-state index in [1.54, 1.807) is 0 Å². The summed E-state index contributed by atoms with van der Waals surface area (Å²) in [5.74, 6) is 2.11. The van der Waals surface area contributed by atoms with E-state index in [9.17, 15) is 5.11 Å². The topological polar surface area (TPSA) is 84.1 Å². The van der Waals surface area contributed by atoms with Crippen LogP contribution < -0.4 is 11.1 Å². The SMILES string of the molecule is Cc1c(N)nc(C(C)C)nc1NC(C)(C)CO. The van der Waals surface area contributed by atoms with Gasteiger partial charge in [0.2, 0.25) is 0 Å². The van der Waals surface area contributed by atoms with E-state index in [1.165, 1.54) is 0 Å². The number of nitrogens with one attached hydrogen (secondary N) is 1. The summed E-state index contributed by atoms with van der Waals surface area (Å²) in [5.41, 5.74) is 6.25. The molecule has 0 unspecified atom stereocenters. The molecule has 96 valence electrons. The van der Waals surface area contributed by atoms with Crippen molar-refractivity contribution >= 4 is 11.6 Å². The van der Waals surface area contributed by atoms with Gasteiger partial charge in [-0.15, -0.1) is 0 Å². The molecule has 1 aromatic rings. The number of anilines is 2. The molecule has 0 aliphatic heterocycles. The number of nitrogen functional groups attached to an aromatic ring is 1. The van der Waals surface area contributed by atoms with Gasteiger partial charge in [-0.3, -0.25) is 0 Å². The number of aliphatic hydroxyl groups excluding tert-OH is 1. The van der Waals surface area contributed by atoms with Crippen molar-refractivity contribution in [1.82, 2.24) is 9.97 Å². The summed E-state index contributed by atoms with van der Waals surface area (Å²) < 4.78 is 0. The molecule has 0 saturated carbocycles. The van der Waals surface area contributed by atoms with Crippen LogP contribution in [0.5, 0.6) is 0 Å². The van der Waals surface area contributed by atoms with E-state index in [0.29, 0.717) is 17.5 Å². The Morgan fingerprint density at radius 2 is 1.94 bits per heavy atom. The highest BCUT2D eigenvalue weighted by Gasteiger charge is 2.19. The maximum Gasteiger partial charge on any atom is 0.135 e. The third kappa shape index (κ3) is 3.30. The highest BCUT2D eigenvalue weighted by atomic mass is 16.3. The Morgan fingerprint density at radius 3 is 2.41 bits per heavy atom. The molecular weight excluding hydrogens is 216 g/mol. The van der Waals surface area contributed by atoms with Gasteiger partial charge in [-0.1, -0.05) is 13.8 Å². The molecule has 1 heterocycles. The smallest absolute Gasteiger partial charge is 0.135 e. The first-order valence-electron chi connectivity index (χ1n) is 5.80. The molecule has 1 aromatic heterocycles. The molecule has 0 radical (unpaired) electrons. The van der Waals surface area contributed by atoms with Gasteiger partial charge in [0.1, 0.15) is 17.5 Å². The van der Waals surface area contributed by atoms with Crippen molar-refractivity contribution in [2.75, 3.05) is 17.7 Å². The van der Waals surface area contributed by atoms with Gasteiger partial charge in [0.25, 0.3) is 0 Å². The number of nitrogens with two attached hydrogens (primary N) is 1. The molecule has 0 saturated heterocycles. The van der Waals surface area contributed by atoms with Crippen LogP contribution in [0.15, 0.2) is 0 Å². The minimum atomic E-state index is -0.431. The lowest BCUT2D eigenvalue weighted by Crippen LogP contribution is -2.36. The summed E-state index contributed by atoms with van der Waals surface area (Å²) in [6, 6.07) is 0. The van der Waals surface area contributed by atoms with E-state index >= 15 is 0 Å². The van der Waals surface area contributed by atoms with Crippen LogP contribution >= 0.6 is 0 Å². The number of hydrogen-bond donors (Lipinski definition) is 3. The van der Waals surface area contributed by atoms with E-state index in [0.717, 1.165) is 5.56 Å². The minimum absolute atomic E-state index is 0.0212. The van der Waals surface area contributed by atoms with Gasteiger partial charge in [-0.2, -0.15) is 0 Å². The second kappa shape index (κ2) is 4.87. The number of nitrogens with zero attached hydrogens (tertiary/aromatic N) is 2. The standard InChI is InChI=1S/C12H22N4O/c1-7(2)10-14-9(13)8(3)11(15-10)16-12(4,5)6-17/h7,17H,6H2,1-5H3,(H3,13,14,15,16). The lowest BCUT2D eigenvalue weighted by molar-refractivity contribution is 0.233. The van der Waals surface area contributed by atoms with Crippen molar-refractivity contribution in [2.45, 2.75) is 46.1 Å². The number of aromatic nitrogens is 2. The molecule has 0 spiro atoms. The van der Waals surface area contributed by atoms with Crippen LogP contribution in [0.1, 0.15) is 45.0 Å². The molecule has 0 aliphatic rings. The van der Waals surface area contributed by atoms with Crippen LogP contribution in [0.2, 0.25) is 0 Å². The van der Waals surface area contributed by atoms with E-state index in [2.05, 4.69) is 15.3 Å². The minimum Gasteiger partial charge on any atom is -0.394 e. The Kier molecular flexibility index (Phi) is 3.93. The van der Waals surface area contributed by atoms with Gasteiger partial charge in [0.15, 0.2) is 0 Å². The van der Waals surface area contributed by atoms with Crippen LogP contribution in [-0.2, 0) is 0 Å². The van der Waals surface area contributed by atoms with E-state index < -0.39 is 5.54 Å². The summed E-state index contributed by atoms with van der Waals surface area (Å²) in [5, 5.41) is 12.4. The Balaban J connectivity index is 3.14. The maximum atomic E-state index is 9.26. The van der Waals surface area contributed by atoms with Crippen molar-refractivity contribution in [3.63, 3.8) is 0 Å². The summed E-state index contributed by atoms with van der Waals surface area (Å²) in [6.45, 7) is 9.73. The Labute approximate surface area is 102 Å². The van der Waals surface area contributed by atoms with E-state index in [4.69, 9.17) is 5.73 Å². The molecular formula is C12H22N4O. The monoisotopic (exact) mass is 238 g/mol. The molecule has 17 heavy (non-hydrogen) atoms. The lowest BCUT2D eigenvalue weighted by atomic mass is 10.1. The van der Waals surface area contributed by atoms with Crippen molar-refractivity contribution in [2.24, 2.45) is 0 Å². The van der Waals surface area contributed by atoms with Crippen LogP contribution in [0.3, 0.4) is 0 Å². The fraction of sp³-hybridized carbons (Fsp3) is 0.667. The van der Waals surface area contributed by atoms with Crippen LogP contribution in [0.25, 0.3) is 0 Å². The second-order valence-corrected chi connectivity index (χ2v) is 5.26. The Morgan fingerprint density at radius 1 is 1.35 bits per heavy atom. The highest BCUT2D eigenvalue weighted by molar-refractivity contribution is 5.56. The van der Waals surface area contributed by atoms with E-state index in [-0.39, 0.29) is 12.5 Å². The van der Waals surface area contributed by atoms with Gasteiger partial charge in [-0.05, 0) is 20.8 Å². The molecule has 0 bridgehead atoms. The molecule has 5 nitrogen and oxygen atoms in total. The van der Waals surface area contributed by atoms with Crippen molar-refractivity contribution < 1.29 is 5.11 Å². The Bertz CT molecular complexity index is 402. The Hall–Kier alpha value is -1.36. The predicted octanol–water partition coefficient (Wildman–Crippen LogP) is 1.67. The number of rotatable bonds is 4. The van der Waals surface area contributed by atoms with Crippen LogP contribution in [-0.4, -0.2) is 27.2 Å². The maximum absolute atomic E-state index is 9.26. The quantitative estimate of drug-likeness (QED) is 0.743. The zero-order valence-electron chi connectivity index (χ0n) is 11.2. The summed E-state index contributed by atoms with van der Waals surface area (Å²) in [4.78, 5) is 8.71. The average molecular weight is 238 g/mol. The fourth-order valence-electron chi connectivity index (χ4n) is 1.29. The first-order chi connectivity index (χ1) is 7.76. The average Bonchev–Trinajstić information content (AvgIpc) is 2.24. The van der Waals surface area contributed by atoms with Crippen molar-refractivity contribution in [3.8, 4) is 0 Å². The normalized spacial score (nSPS) is 11.9. The van der Waals surface area contributed by atoms with Gasteiger partial charge < -0.3 is 16.2 Å². The van der Waals surface area contributed by atoms with Crippen molar-refractivity contribution in [3.05, 3.63) is 11.4 Å². The first kappa shape index (κ1) is 13.7. The van der Waals surface area contributed by atoms with Crippen LogP contribution in [0, 0.1) is 6.92 Å². The third-order valence-electron chi connectivity index (χ3n) is 2.57.